The normalized spacial score (nSPS) is 10.7. The molecule has 0 fully saturated rings. The van der Waals surface area contributed by atoms with Crippen LogP contribution >= 0.6 is 0 Å². The van der Waals surface area contributed by atoms with Gasteiger partial charge in [-0.3, -0.25) is 5.10 Å². The van der Waals surface area contributed by atoms with Gasteiger partial charge in [-0.25, -0.2) is 4.98 Å². The molecule has 0 aliphatic rings. The number of rotatable bonds is 9. The summed E-state index contributed by atoms with van der Waals surface area (Å²) in [4.78, 5) is 8.67. The van der Waals surface area contributed by atoms with Crippen LogP contribution in [0.3, 0.4) is 0 Å². The first-order valence-electron chi connectivity index (χ1n) is 9.62. The Bertz CT molecular complexity index is 1110. The number of H-pyrrole nitrogens is 1. The van der Waals surface area contributed by atoms with Gasteiger partial charge in [0.2, 0.25) is 5.95 Å². The summed E-state index contributed by atoms with van der Waals surface area (Å²) in [6, 6.07) is 13.7. The molecule has 3 N–H and O–H groups in total. The van der Waals surface area contributed by atoms with Gasteiger partial charge >= 0.3 is 0 Å². The van der Waals surface area contributed by atoms with Crippen molar-refractivity contribution in [3.8, 4) is 5.75 Å². The molecule has 0 radical (unpaired) electrons. The molecule has 0 unspecified atom stereocenters. The number of anilines is 3. The number of aromatic nitrogens is 5. The predicted octanol–water partition coefficient (Wildman–Crippen LogP) is 3.65. The zero-order valence-electron chi connectivity index (χ0n) is 16.8. The first-order valence-corrected chi connectivity index (χ1v) is 9.62. The first kappa shape index (κ1) is 19.4. The van der Waals surface area contributed by atoms with E-state index in [0.717, 1.165) is 41.3 Å². The molecule has 0 amide bonds. The Kier molecular flexibility index (Phi) is 5.88. The van der Waals surface area contributed by atoms with E-state index in [0.29, 0.717) is 24.1 Å². The van der Waals surface area contributed by atoms with E-state index in [9.17, 15) is 0 Å². The minimum atomic E-state index is 0.458. The number of methoxy groups -OCH3 is 1. The summed E-state index contributed by atoms with van der Waals surface area (Å²) in [7, 11) is 1.69. The summed E-state index contributed by atoms with van der Waals surface area (Å²) in [6.07, 6.45) is 3.36. The van der Waals surface area contributed by atoms with Crippen LogP contribution in [0.1, 0.15) is 22.7 Å². The Hall–Kier alpha value is -3.88. The molecule has 154 valence electrons. The molecule has 4 aromatic rings. The van der Waals surface area contributed by atoms with Crippen LogP contribution in [0.5, 0.6) is 5.75 Å². The third kappa shape index (κ3) is 4.93. The maximum atomic E-state index is 5.41. The second kappa shape index (κ2) is 9.08. The van der Waals surface area contributed by atoms with Crippen LogP contribution in [0.2, 0.25) is 0 Å². The third-order valence-corrected chi connectivity index (χ3v) is 4.50. The Morgan fingerprint density at radius 3 is 2.83 bits per heavy atom. The first-order chi connectivity index (χ1) is 14.7. The van der Waals surface area contributed by atoms with Crippen molar-refractivity contribution in [3.63, 3.8) is 0 Å². The largest absolute Gasteiger partial charge is 0.496 e. The topological polar surface area (TPSA) is 114 Å². The summed E-state index contributed by atoms with van der Waals surface area (Å²) in [5.74, 6) is 3.45. The highest BCUT2D eigenvalue weighted by Crippen LogP contribution is 2.20. The molecule has 0 spiro atoms. The van der Waals surface area contributed by atoms with Gasteiger partial charge in [0.1, 0.15) is 11.6 Å². The summed E-state index contributed by atoms with van der Waals surface area (Å²) in [5, 5.41) is 17.6. The van der Waals surface area contributed by atoms with Crippen molar-refractivity contribution in [3.05, 3.63) is 71.4 Å². The molecule has 3 aromatic heterocycles. The lowest BCUT2D eigenvalue weighted by Gasteiger charge is -2.06. The maximum absolute atomic E-state index is 5.41. The molecular formula is C21H23N7O2. The lowest BCUT2D eigenvalue weighted by molar-refractivity contribution is 0.384. The quantitative estimate of drug-likeness (QED) is 0.387. The van der Waals surface area contributed by atoms with Crippen molar-refractivity contribution in [1.82, 2.24) is 25.3 Å². The van der Waals surface area contributed by atoms with Crippen LogP contribution in [-0.2, 0) is 19.4 Å². The van der Waals surface area contributed by atoms with Gasteiger partial charge in [-0.2, -0.15) is 10.1 Å². The lowest BCUT2D eigenvalue weighted by Crippen LogP contribution is -2.04. The average molecular weight is 405 g/mol. The van der Waals surface area contributed by atoms with Crippen LogP contribution in [-0.4, -0.2) is 32.4 Å². The van der Waals surface area contributed by atoms with E-state index in [1.54, 1.807) is 19.4 Å². The number of aromatic amines is 1. The molecule has 3 heterocycles. The van der Waals surface area contributed by atoms with E-state index in [1.165, 1.54) is 0 Å². The van der Waals surface area contributed by atoms with Gasteiger partial charge in [0, 0.05) is 24.0 Å². The Labute approximate surface area is 173 Å². The van der Waals surface area contributed by atoms with Crippen molar-refractivity contribution >= 4 is 17.6 Å². The molecule has 9 heteroatoms. The number of benzene rings is 1. The van der Waals surface area contributed by atoms with Crippen molar-refractivity contribution in [2.75, 3.05) is 17.7 Å². The Morgan fingerprint density at radius 1 is 1.10 bits per heavy atom. The second-order valence-electron chi connectivity index (χ2n) is 6.77. The number of nitrogens with zero attached hydrogens (tertiary/aromatic N) is 4. The van der Waals surface area contributed by atoms with E-state index in [-0.39, 0.29) is 0 Å². The molecule has 1 aromatic carbocycles. The van der Waals surface area contributed by atoms with Crippen LogP contribution < -0.4 is 15.4 Å². The zero-order chi connectivity index (χ0) is 20.8. The number of hydrogen-bond donors (Lipinski definition) is 3. The standard InChI is InChI=1S/C21H23N7O2/c1-14-11-17(30-28-14)13-23-21-22-10-9-19(25-21)24-20-12-16(26-27-20)8-7-15-5-3-4-6-18(15)29-2/h3-6,9-12H,7-8,13H2,1-2H3,(H3,22,23,24,25,26,27). The molecule has 0 aliphatic heterocycles. The third-order valence-electron chi connectivity index (χ3n) is 4.50. The van der Waals surface area contributed by atoms with Crippen LogP contribution in [0.15, 0.2) is 53.2 Å². The summed E-state index contributed by atoms with van der Waals surface area (Å²) < 4.78 is 10.6. The van der Waals surface area contributed by atoms with Crippen molar-refractivity contribution in [1.29, 1.82) is 0 Å². The van der Waals surface area contributed by atoms with Crippen LogP contribution in [0, 0.1) is 6.92 Å². The number of nitrogens with one attached hydrogen (secondary N) is 3. The monoisotopic (exact) mass is 405 g/mol. The number of aryl methyl sites for hydroxylation is 3. The molecule has 0 atom stereocenters. The highest BCUT2D eigenvalue weighted by atomic mass is 16.5. The smallest absolute Gasteiger partial charge is 0.224 e. The molecule has 30 heavy (non-hydrogen) atoms. The van der Waals surface area contributed by atoms with E-state index < -0.39 is 0 Å². The minimum Gasteiger partial charge on any atom is -0.496 e. The molecule has 9 nitrogen and oxygen atoms in total. The van der Waals surface area contributed by atoms with E-state index in [2.05, 4.69) is 42.0 Å². The summed E-state index contributed by atoms with van der Waals surface area (Å²) >= 11 is 0. The second-order valence-corrected chi connectivity index (χ2v) is 6.77. The van der Waals surface area contributed by atoms with Gasteiger partial charge in [0.25, 0.3) is 0 Å². The van der Waals surface area contributed by atoms with Gasteiger partial charge < -0.3 is 19.9 Å². The van der Waals surface area contributed by atoms with E-state index in [4.69, 9.17) is 9.26 Å². The van der Waals surface area contributed by atoms with Gasteiger partial charge in [-0.05, 0) is 37.5 Å². The molecular weight excluding hydrogens is 382 g/mol. The summed E-state index contributed by atoms with van der Waals surface area (Å²) in [5.41, 5.74) is 3.03. The van der Waals surface area contributed by atoms with Gasteiger partial charge in [-0.1, -0.05) is 23.4 Å². The molecule has 0 saturated carbocycles. The van der Waals surface area contributed by atoms with Gasteiger partial charge in [-0.15, -0.1) is 0 Å². The SMILES string of the molecule is COc1ccccc1CCc1cc(Nc2ccnc(NCc3cc(C)no3)n2)n[nH]1. The predicted molar refractivity (Wildman–Crippen MR) is 113 cm³/mol. The van der Waals surface area contributed by atoms with Gasteiger partial charge in [0.15, 0.2) is 11.6 Å². The van der Waals surface area contributed by atoms with Crippen molar-refractivity contribution in [2.45, 2.75) is 26.3 Å². The highest BCUT2D eigenvalue weighted by Gasteiger charge is 2.07. The van der Waals surface area contributed by atoms with Crippen LogP contribution in [0.25, 0.3) is 0 Å². The highest BCUT2D eigenvalue weighted by molar-refractivity contribution is 5.53. The van der Waals surface area contributed by atoms with E-state index in [1.807, 2.05) is 37.3 Å². The molecule has 0 bridgehead atoms. The fourth-order valence-corrected chi connectivity index (χ4v) is 3.04. The summed E-state index contributed by atoms with van der Waals surface area (Å²) in [6.45, 7) is 2.34. The van der Waals surface area contributed by atoms with Crippen molar-refractivity contribution in [2.24, 2.45) is 0 Å². The van der Waals surface area contributed by atoms with Gasteiger partial charge in [0.05, 0.1) is 19.3 Å². The Balaban J connectivity index is 1.34. The number of para-hydroxylation sites is 1. The zero-order valence-corrected chi connectivity index (χ0v) is 16.8. The van der Waals surface area contributed by atoms with Crippen molar-refractivity contribution < 1.29 is 9.26 Å². The average Bonchev–Trinajstić information content (AvgIpc) is 3.40. The molecule has 4 rings (SSSR count). The molecule has 0 saturated heterocycles. The fourth-order valence-electron chi connectivity index (χ4n) is 3.04. The fraction of sp³-hybridized carbons (Fsp3) is 0.238. The van der Waals surface area contributed by atoms with Crippen LogP contribution in [0.4, 0.5) is 17.6 Å². The number of hydrogen-bond acceptors (Lipinski definition) is 8. The molecule has 0 aliphatic carbocycles. The lowest BCUT2D eigenvalue weighted by atomic mass is 10.1. The van der Waals surface area contributed by atoms with E-state index >= 15 is 0 Å². The number of ether oxygens (including phenoxy) is 1. The minimum absolute atomic E-state index is 0.458. The maximum Gasteiger partial charge on any atom is 0.224 e. The Morgan fingerprint density at radius 2 is 2.00 bits per heavy atom.